The molecule has 9 heavy (non-hydrogen) atoms. The number of ether oxygens (including phenoxy) is 1. The molecule has 4 heteroatoms. The van der Waals surface area contributed by atoms with Gasteiger partial charge in [-0.05, 0) is 0 Å². The lowest BCUT2D eigenvalue weighted by Gasteiger charge is -2.01. The molecule has 0 fully saturated rings. The highest BCUT2D eigenvalue weighted by atomic mass is 16.5. The SMILES string of the molecule is CNC(=O)NCCOC. The van der Waals surface area contributed by atoms with Crippen LogP contribution in [0.1, 0.15) is 0 Å². The predicted molar refractivity (Wildman–Crippen MR) is 34.3 cm³/mol. The molecule has 54 valence electrons. The minimum atomic E-state index is -0.174. The van der Waals surface area contributed by atoms with E-state index in [1.54, 1.807) is 14.2 Å². The van der Waals surface area contributed by atoms with Crippen LogP contribution in [0.25, 0.3) is 0 Å². The molecule has 0 spiro atoms. The molecular formula is C5H12N2O2. The van der Waals surface area contributed by atoms with Gasteiger partial charge in [0.15, 0.2) is 0 Å². The first-order valence-electron chi connectivity index (χ1n) is 2.75. The molecule has 0 saturated heterocycles. The van der Waals surface area contributed by atoms with Crippen molar-refractivity contribution in [2.75, 3.05) is 27.3 Å². The van der Waals surface area contributed by atoms with Crippen LogP contribution in [-0.2, 0) is 4.74 Å². The smallest absolute Gasteiger partial charge is 0.314 e. The van der Waals surface area contributed by atoms with Crippen molar-refractivity contribution in [3.63, 3.8) is 0 Å². The summed E-state index contributed by atoms with van der Waals surface area (Å²) >= 11 is 0. The summed E-state index contributed by atoms with van der Waals surface area (Å²) < 4.78 is 4.69. The molecular weight excluding hydrogens is 120 g/mol. The number of carbonyl (C=O) groups is 1. The molecule has 0 aromatic carbocycles. The minimum absolute atomic E-state index is 0.174. The number of rotatable bonds is 3. The number of urea groups is 1. The Hall–Kier alpha value is -0.770. The number of hydrogen-bond donors (Lipinski definition) is 2. The highest BCUT2D eigenvalue weighted by Gasteiger charge is 1.90. The zero-order valence-electron chi connectivity index (χ0n) is 5.73. The van der Waals surface area contributed by atoms with E-state index in [1.165, 1.54) is 0 Å². The van der Waals surface area contributed by atoms with E-state index < -0.39 is 0 Å². The maximum absolute atomic E-state index is 10.4. The van der Waals surface area contributed by atoms with Gasteiger partial charge in [-0.1, -0.05) is 0 Å². The van der Waals surface area contributed by atoms with Crippen LogP contribution in [0.5, 0.6) is 0 Å². The average Bonchev–Trinajstić information content (AvgIpc) is 1.89. The molecule has 0 heterocycles. The zero-order valence-corrected chi connectivity index (χ0v) is 5.73. The molecule has 0 unspecified atom stereocenters. The van der Waals surface area contributed by atoms with E-state index in [4.69, 9.17) is 4.74 Å². The highest BCUT2D eigenvalue weighted by Crippen LogP contribution is 1.64. The van der Waals surface area contributed by atoms with Gasteiger partial charge in [0.25, 0.3) is 0 Å². The molecule has 0 saturated carbocycles. The van der Waals surface area contributed by atoms with Crippen LogP contribution in [0.3, 0.4) is 0 Å². The minimum Gasteiger partial charge on any atom is -0.383 e. The molecule has 0 aliphatic carbocycles. The van der Waals surface area contributed by atoms with Crippen LogP contribution in [0.15, 0.2) is 0 Å². The van der Waals surface area contributed by atoms with Crippen molar-refractivity contribution in [3.8, 4) is 0 Å². The molecule has 0 aromatic heterocycles. The fraction of sp³-hybridized carbons (Fsp3) is 0.800. The fourth-order valence-corrected chi connectivity index (χ4v) is 0.355. The van der Waals surface area contributed by atoms with Gasteiger partial charge < -0.3 is 15.4 Å². The van der Waals surface area contributed by atoms with Crippen molar-refractivity contribution in [1.29, 1.82) is 0 Å². The molecule has 0 atom stereocenters. The van der Waals surface area contributed by atoms with Crippen LogP contribution in [0.4, 0.5) is 4.79 Å². The molecule has 2 N–H and O–H groups in total. The molecule has 0 aromatic rings. The van der Waals surface area contributed by atoms with Crippen molar-refractivity contribution in [3.05, 3.63) is 0 Å². The summed E-state index contributed by atoms with van der Waals surface area (Å²) in [7, 11) is 3.16. The summed E-state index contributed by atoms with van der Waals surface area (Å²) in [5.74, 6) is 0. The van der Waals surface area contributed by atoms with Crippen molar-refractivity contribution < 1.29 is 9.53 Å². The van der Waals surface area contributed by atoms with Gasteiger partial charge in [0.2, 0.25) is 0 Å². The lowest BCUT2D eigenvalue weighted by atomic mass is 10.7. The van der Waals surface area contributed by atoms with E-state index in [1.807, 2.05) is 0 Å². The molecule has 4 nitrogen and oxygen atoms in total. The number of methoxy groups -OCH3 is 1. The van der Waals surface area contributed by atoms with Crippen molar-refractivity contribution >= 4 is 6.03 Å². The maximum atomic E-state index is 10.4. The molecule has 0 bridgehead atoms. The van der Waals surface area contributed by atoms with Crippen molar-refractivity contribution in [2.24, 2.45) is 0 Å². The van der Waals surface area contributed by atoms with Crippen LogP contribution < -0.4 is 10.6 Å². The Morgan fingerprint density at radius 3 is 2.78 bits per heavy atom. The predicted octanol–water partition coefficient (Wildman–Crippen LogP) is -0.438. The summed E-state index contributed by atoms with van der Waals surface area (Å²) in [4.78, 5) is 10.4. The Morgan fingerprint density at radius 2 is 2.33 bits per heavy atom. The Labute approximate surface area is 54.6 Å². The first-order chi connectivity index (χ1) is 4.31. The zero-order chi connectivity index (χ0) is 7.11. The standard InChI is InChI=1S/C5H12N2O2/c1-6-5(8)7-3-4-9-2/h3-4H2,1-2H3,(H2,6,7,8). The van der Waals surface area contributed by atoms with Gasteiger partial charge in [0, 0.05) is 20.7 Å². The van der Waals surface area contributed by atoms with Crippen molar-refractivity contribution in [1.82, 2.24) is 10.6 Å². The lowest BCUT2D eigenvalue weighted by molar-refractivity contribution is 0.196. The van der Waals surface area contributed by atoms with Crippen LogP contribution in [0, 0.1) is 0 Å². The van der Waals surface area contributed by atoms with Crippen LogP contribution in [-0.4, -0.2) is 33.3 Å². The fourth-order valence-electron chi connectivity index (χ4n) is 0.355. The number of amides is 2. The molecule has 0 rings (SSSR count). The second-order valence-corrected chi connectivity index (χ2v) is 1.50. The maximum Gasteiger partial charge on any atom is 0.314 e. The Kier molecular flexibility index (Phi) is 4.91. The lowest BCUT2D eigenvalue weighted by Crippen LogP contribution is -2.34. The number of carbonyl (C=O) groups excluding carboxylic acids is 1. The Balaban J connectivity index is 2.97. The van der Waals surface area contributed by atoms with E-state index in [0.717, 1.165) is 0 Å². The summed E-state index contributed by atoms with van der Waals surface area (Å²) in [5, 5.41) is 4.98. The van der Waals surface area contributed by atoms with Crippen LogP contribution >= 0.6 is 0 Å². The van der Waals surface area contributed by atoms with Gasteiger partial charge in [0.1, 0.15) is 0 Å². The topological polar surface area (TPSA) is 50.4 Å². The van der Waals surface area contributed by atoms with E-state index >= 15 is 0 Å². The first-order valence-corrected chi connectivity index (χ1v) is 2.75. The van der Waals surface area contributed by atoms with E-state index in [9.17, 15) is 4.79 Å². The largest absolute Gasteiger partial charge is 0.383 e. The Morgan fingerprint density at radius 1 is 1.67 bits per heavy atom. The van der Waals surface area contributed by atoms with Gasteiger partial charge in [-0.2, -0.15) is 0 Å². The monoisotopic (exact) mass is 132 g/mol. The van der Waals surface area contributed by atoms with Gasteiger partial charge >= 0.3 is 6.03 Å². The average molecular weight is 132 g/mol. The number of nitrogens with one attached hydrogen (secondary N) is 2. The quantitative estimate of drug-likeness (QED) is 0.511. The van der Waals surface area contributed by atoms with Gasteiger partial charge in [-0.25, -0.2) is 4.79 Å². The summed E-state index contributed by atoms with van der Waals surface area (Å²) in [6.45, 7) is 1.10. The van der Waals surface area contributed by atoms with Crippen molar-refractivity contribution in [2.45, 2.75) is 0 Å². The van der Waals surface area contributed by atoms with Gasteiger partial charge in [-0.15, -0.1) is 0 Å². The molecule has 0 radical (unpaired) electrons. The molecule has 0 aliphatic heterocycles. The van der Waals surface area contributed by atoms with E-state index in [0.29, 0.717) is 13.2 Å². The second-order valence-electron chi connectivity index (χ2n) is 1.50. The van der Waals surface area contributed by atoms with Gasteiger partial charge in [-0.3, -0.25) is 0 Å². The number of hydrogen-bond acceptors (Lipinski definition) is 2. The van der Waals surface area contributed by atoms with E-state index in [2.05, 4.69) is 10.6 Å². The third-order valence-electron chi connectivity index (χ3n) is 0.819. The van der Waals surface area contributed by atoms with Crippen LogP contribution in [0.2, 0.25) is 0 Å². The normalized spacial score (nSPS) is 8.67. The van der Waals surface area contributed by atoms with E-state index in [-0.39, 0.29) is 6.03 Å². The molecule has 0 aliphatic rings. The summed E-state index contributed by atoms with van der Waals surface area (Å²) in [5.41, 5.74) is 0. The third-order valence-corrected chi connectivity index (χ3v) is 0.819. The van der Waals surface area contributed by atoms with Gasteiger partial charge in [0.05, 0.1) is 6.61 Å². The summed E-state index contributed by atoms with van der Waals surface area (Å²) in [6, 6.07) is -0.174. The molecule has 2 amide bonds. The Bertz CT molecular complexity index is 85.0. The third kappa shape index (κ3) is 5.10. The summed E-state index contributed by atoms with van der Waals surface area (Å²) in [6.07, 6.45) is 0. The second kappa shape index (κ2) is 5.37. The highest BCUT2D eigenvalue weighted by molar-refractivity contribution is 5.73. The first kappa shape index (κ1) is 8.23.